The lowest BCUT2D eigenvalue weighted by Gasteiger charge is -2.32. The summed E-state index contributed by atoms with van der Waals surface area (Å²) in [5.41, 5.74) is -0.499. The van der Waals surface area contributed by atoms with Crippen molar-refractivity contribution in [1.29, 1.82) is 0 Å². The Hall–Kier alpha value is -0.880. The molecule has 0 bridgehead atoms. The van der Waals surface area contributed by atoms with Crippen LogP contribution in [0.15, 0.2) is 0 Å². The maximum atomic E-state index is 12.3. The summed E-state index contributed by atoms with van der Waals surface area (Å²) in [7, 11) is 2.16. The number of amides is 1. The number of rotatable bonds is 6. The van der Waals surface area contributed by atoms with E-state index >= 15 is 0 Å². The SMILES string of the molecule is CN1CCC(NC(=S)[C@@H](CCC2CCCCC2)NC(=O)OC(C)(C)C)CC1. The van der Waals surface area contributed by atoms with Crippen molar-refractivity contribution in [2.45, 2.75) is 96.2 Å². The van der Waals surface area contributed by atoms with E-state index in [9.17, 15) is 4.79 Å². The summed E-state index contributed by atoms with van der Waals surface area (Å²) >= 11 is 5.72. The number of piperidine rings is 1. The van der Waals surface area contributed by atoms with Gasteiger partial charge in [0.25, 0.3) is 0 Å². The van der Waals surface area contributed by atoms with Crippen LogP contribution >= 0.6 is 12.2 Å². The molecule has 1 atom stereocenters. The van der Waals surface area contributed by atoms with E-state index in [-0.39, 0.29) is 12.1 Å². The predicted molar refractivity (Wildman–Crippen MR) is 115 cm³/mol. The number of nitrogens with one attached hydrogen (secondary N) is 2. The second-order valence-electron chi connectivity index (χ2n) is 9.37. The first-order chi connectivity index (χ1) is 12.7. The Labute approximate surface area is 171 Å². The molecule has 6 heteroatoms. The molecule has 27 heavy (non-hydrogen) atoms. The standard InChI is InChI=1S/C21H39N3O2S/c1-21(2,3)26-20(25)23-18(11-10-16-8-6-5-7-9-16)19(27)22-17-12-14-24(4)15-13-17/h16-18H,5-15H2,1-4H3,(H,22,27)(H,23,25)/t18-/m1/s1. The Bertz CT molecular complexity index is 478. The predicted octanol–water partition coefficient (Wildman–Crippen LogP) is 4.25. The lowest BCUT2D eigenvalue weighted by atomic mass is 9.85. The largest absolute Gasteiger partial charge is 0.444 e. The number of ether oxygens (including phenoxy) is 1. The normalized spacial score (nSPS) is 21.5. The van der Waals surface area contributed by atoms with Gasteiger partial charge in [-0.05, 0) is 72.5 Å². The summed E-state index contributed by atoms with van der Waals surface area (Å²) in [6, 6.07) is 0.266. The summed E-state index contributed by atoms with van der Waals surface area (Å²) in [5, 5.41) is 6.57. The fourth-order valence-corrected chi connectivity index (χ4v) is 4.39. The van der Waals surface area contributed by atoms with Crippen LogP contribution in [0.3, 0.4) is 0 Å². The van der Waals surface area contributed by atoms with Gasteiger partial charge in [-0.3, -0.25) is 0 Å². The number of alkyl carbamates (subject to hydrolysis) is 1. The number of hydrogen-bond acceptors (Lipinski definition) is 4. The maximum absolute atomic E-state index is 12.3. The Morgan fingerprint density at radius 2 is 1.78 bits per heavy atom. The molecule has 156 valence electrons. The molecule has 1 amide bonds. The molecule has 0 spiro atoms. The molecule has 2 fully saturated rings. The minimum atomic E-state index is -0.499. The highest BCUT2D eigenvalue weighted by Gasteiger charge is 2.26. The molecule has 2 N–H and O–H groups in total. The number of likely N-dealkylation sites (tertiary alicyclic amines) is 1. The van der Waals surface area contributed by atoms with Crippen molar-refractivity contribution in [3.8, 4) is 0 Å². The minimum absolute atomic E-state index is 0.142. The van der Waals surface area contributed by atoms with Gasteiger partial charge in [0.15, 0.2) is 0 Å². The van der Waals surface area contributed by atoms with E-state index in [2.05, 4.69) is 22.6 Å². The van der Waals surface area contributed by atoms with Crippen molar-refractivity contribution in [3.05, 3.63) is 0 Å². The van der Waals surface area contributed by atoms with Crippen LogP contribution in [0.4, 0.5) is 4.79 Å². The third kappa shape index (κ3) is 8.77. The van der Waals surface area contributed by atoms with Crippen molar-refractivity contribution in [1.82, 2.24) is 15.5 Å². The van der Waals surface area contributed by atoms with E-state index in [1.165, 1.54) is 32.1 Å². The Morgan fingerprint density at radius 3 is 2.37 bits per heavy atom. The van der Waals surface area contributed by atoms with Crippen LogP contribution in [0.2, 0.25) is 0 Å². The fraction of sp³-hybridized carbons (Fsp3) is 0.905. The smallest absolute Gasteiger partial charge is 0.408 e. The molecule has 0 aromatic heterocycles. The van der Waals surface area contributed by atoms with Gasteiger partial charge in [0.05, 0.1) is 11.0 Å². The van der Waals surface area contributed by atoms with Gasteiger partial charge in [0.1, 0.15) is 5.60 Å². The average Bonchev–Trinajstić information content (AvgIpc) is 2.60. The van der Waals surface area contributed by atoms with Crippen molar-refractivity contribution < 1.29 is 9.53 Å². The van der Waals surface area contributed by atoms with E-state index in [0.717, 1.165) is 49.7 Å². The van der Waals surface area contributed by atoms with Crippen LogP contribution in [0.1, 0.15) is 78.6 Å². The van der Waals surface area contributed by atoms with Gasteiger partial charge in [-0.15, -0.1) is 0 Å². The first kappa shape index (κ1) is 22.4. The highest BCUT2D eigenvalue weighted by Crippen LogP contribution is 2.28. The summed E-state index contributed by atoms with van der Waals surface area (Å²) < 4.78 is 5.47. The second-order valence-corrected chi connectivity index (χ2v) is 9.81. The topological polar surface area (TPSA) is 53.6 Å². The van der Waals surface area contributed by atoms with Gasteiger partial charge < -0.3 is 20.3 Å². The van der Waals surface area contributed by atoms with Crippen LogP contribution in [0.5, 0.6) is 0 Å². The summed E-state index contributed by atoms with van der Waals surface area (Å²) in [5.74, 6) is 0.771. The minimum Gasteiger partial charge on any atom is -0.444 e. The van der Waals surface area contributed by atoms with E-state index in [1.54, 1.807) is 0 Å². The van der Waals surface area contributed by atoms with Crippen molar-refractivity contribution >= 4 is 23.3 Å². The number of hydrogen-bond donors (Lipinski definition) is 2. The van der Waals surface area contributed by atoms with Gasteiger partial charge in [-0.1, -0.05) is 44.3 Å². The molecule has 1 heterocycles. The number of thiocarbonyl (C=S) groups is 1. The third-order valence-electron chi connectivity index (χ3n) is 5.66. The van der Waals surface area contributed by atoms with Gasteiger partial charge >= 0.3 is 6.09 Å². The highest BCUT2D eigenvalue weighted by molar-refractivity contribution is 7.80. The molecule has 0 aromatic carbocycles. The van der Waals surface area contributed by atoms with Crippen molar-refractivity contribution in [2.75, 3.05) is 20.1 Å². The van der Waals surface area contributed by atoms with E-state index in [0.29, 0.717) is 6.04 Å². The zero-order valence-electron chi connectivity index (χ0n) is 17.7. The first-order valence-corrected chi connectivity index (χ1v) is 11.1. The highest BCUT2D eigenvalue weighted by atomic mass is 32.1. The molecule has 1 saturated heterocycles. The zero-order valence-corrected chi connectivity index (χ0v) is 18.5. The number of carbonyl (C=O) groups excluding carboxylic acids is 1. The molecule has 0 unspecified atom stereocenters. The summed E-state index contributed by atoms with van der Waals surface area (Å²) in [6.07, 6.45) is 10.5. The number of carbonyl (C=O) groups is 1. The zero-order chi connectivity index (χ0) is 19.9. The van der Waals surface area contributed by atoms with Crippen LogP contribution in [0, 0.1) is 5.92 Å². The molecule has 1 saturated carbocycles. The van der Waals surface area contributed by atoms with Gasteiger partial charge in [-0.2, -0.15) is 0 Å². The Kier molecular flexibility index (Phi) is 8.80. The average molecular weight is 398 g/mol. The molecule has 1 aliphatic carbocycles. The summed E-state index contributed by atoms with van der Waals surface area (Å²) in [4.78, 5) is 15.5. The molecule has 0 aromatic rings. The Morgan fingerprint density at radius 1 is 1.15 bits per heavy atom. The molecule has 5 nitrogen and oxygen atoms in total. The van der Waals surface area contributed by atoms with E-state index in [1.807, 2.05) is 20.8 Å². The van der Waals surface area contributed by atoms with Crippen LogP contribution in [-0.2, 0) is 4.74 Å². The molecular weight excluding hydrogens is 358 g/mol. The van der Waals surface area contributed by atoms with Gasteiger partial charge in [0, 0.05) is 6.04 Å². The molecular formula is C21H39N3O2S. The van der Waals surface area contributed by atoms with Crippen molar-refractivity contribution in [3.63, 3.8) is 0 Å². The number of nitrogens with zero attached hydrogens (tertiary/aromatic N) is 1. The van der Waals surface area contributed by atoms with E-state index in [4.69, 9.17) is 17.0 Å². The first-order valence-electron chi connectivity index (χ1n) is 10.7. The molecule has 2 rings (SSSR count). The molecule has 1 aliphatic heterocycles. The Balaban J connectivity index is 1.90. The second kappa shape index (κ2) is 10.6. The van der Waals surface area contributed by atoms with Gasteiger partial charge in [0.2, 0.25) is 0 Å². The molecule has 2 aliphatic rings. The lowest BCUT2D eigenvalue weighted by molar-refractivity contribution is 0.0514. The summed E-state index contributed by atoms with van der Waals surface area (Å²) in [6.45, 7) is 7.84. The third-order valence-corrected chi connectivity index (χ3v) is 6.06. The van der Waals surface area contributed by atoms with Crippen LogP contribution in [-0.4, -0.2) is 53.8 Å². The van der Waals surface area contributed by atoms with E-state index < -0.39 is 5.60 Å². The van der Waals surface area contributed by atoms with Gasteiger partial charge in [-0.25, -0.2) is 4.79 Å². The molecule has 0 radical (unpaired) electrons. The van der Waals surface area contributed by atoms with Crippen LogP contribution in [0.25, 0.3) is 0 Å². The fourth-order valence-electron chi connectivity index (χ4n) is 4.05. The quantitative estimate of drug-likeness (QED) is 0.656. The van der Waals surface area contributed by atoms with Crippen molar-refractivity contribution in [2.24, 2.45) is 5.92 Å². The monoisotopic (exact) mass is 397 g/mol. The lowest BCUT2D eigenvalue weighted by Crippen LogP contribution is -2.51. The van der Waals surface area contributed by atoms with Crippen LogP contribution < -0.4 is 10.6 Å². The maximum Gasteiger partial charge on any atom is 0.408 e.